The van der Waals surface area contributed by atoms with E-state index in [9.17, 15) is 0 Å². The first-order valence-corrected chi connectivity index (χ1v) is 17.4. The van der Waals surface area contributed by atoms with Gasteiger partial charge in [-0.2, -0.15) is 0 Å². The van der Waals surface area contributed by atoms with Gasteiger partial charge in [-0.3, -0.25) is 0 Å². The summed E-state index contributed by atoms with van der Waals surface area (Å²) in [6, 6.07) is 10.4. The number of hydrogen-bond donors (Lipinski definition) is 0. The topological polar surface area (TPSA) is 18.5 Å². The van der Waals surface area contributed by atoms with Crippen molar-refractivity contribution in [3.8, 4) is 0 Å². The fraction of sp³-hybridized carbons (Fsp3) is 0.333. The van der Waals surface area contributed by atoms with Gasteiger partial charge in [-0.15, -0.1) is 0 Å². The first kappa shape index (κ1) is 15.8. The Balaban J connectivity index is 2.37. The highest BCUT2D eigenvalue weighted by Crippen LogP contribution is 2.09. The highest BCUT2D eigenvalue weighted by atomic mass is 29.2. The molecule has 6 heteroatoms. The molecule has 1 aromatic carbocycles. The van der Waals surface area contributed by atoms with Crippen LogP contribution in [0.1, 0.15) is 5.56 Å². The summed E-state index contributed by atoms with van der Waals surface area (Å²) in [7, 11) is -3.10. The average molecular weight is 313 g/mol. The van der Waals surface area contributed by atoms with E-state index in [1.165, 1.54) is 5.56 Å². The molecule has 0 aliphatic rings. The third kappa shape index (κ3) is 7.24. The van der Waals surface area contributed by atoms with Crippen molar-refractivity contribution in [2.45, 2.75) is 26.2 Å². The van der Waals surface area contributed by atoms with E-state index in [1.54, 1.807) is 0 Å². The summed E-state index contributed by atoms with van der Waals surface area (Å²) in [5.74, 6) is 0. The number of benzene rings is 1. The van der Waals surface area contributed by atoms with Crippen LogP contribution in [-0.2, 0) is 8.23 Å². The normalized spacial score (nSPS) is 13.8. The van der Waals surface area contributed by atoms with Gasteiger partial charge in [0, 0.05) is 0 Å². The molecule has 0 aromatic heterocycles. The maximum Gasteiger partial charge on any atom is 0.198 e. The van der Waals surface area contributed by atoms with Gasteiger partial charge in [-0.05, 0) is 31.8 Å². The Kier molecular flexibility index (Phi) is 7.05. The van der Waals surface area contributed by atoms with Crippen molar-refractivity contribution in [1.29, 1.82) is 0 Å². The maximum absolute atomic E-state index is 6.15. The van der Waals surface area contributed by atoms with Crippen LogP contribution in [-0.4, -0.2) is 35.9 Å². The Hall–Kier alpha value is -0.252. The largest absolute Gasteiger partial charge is 0.463 e. The first-order chi connectivity index (χ1) is 8.49. The molecule has 1 rings (SSSR count). The van der Waals surface area contributed by atoms with E-state index in [4.69, 9.17) is 8.23 Å². The Morgan fingerprint density at radius 2 is 1.78 bits per heavy atom. The molecule has 0 saturated carbocycles. The minimum absolute atomic E-state index is 0.317. The quantitative estimate of drug-likeness (QED) is 0.562. The lowest BCUT2D eigenvalue weighted by Gasteiger charge is -2.19. The first-order valence-electron chi connectivity index (χ1n) is 6.49. The van der Waals surface area contributed by atoms with Crippen LogP contribution in [0.5, 0.6) is 0 Å². The van der Waals surface area contributed by atoms with Crippen molar-refractivity contribution < 1.29 is 8.23 Å². The van der Waals surface area contributed by atoms with Gasteiger partial charge >= 0.3 is 0 Å². The minimum atomic E-state index is -1.61. The molecule has 0 fully saturated rings. The minimum Gasteiger partial charge on any atom is -0.463 e. The summed E-state index contributed by atoms with van der Waals surface area (Å²) in [5, 5.41) is 0. The van der Waals surface area contributed by atoms with E-state index in [2.05, 4.69) is 62.2 Å². The van der Waals surface area contributed by atoms with Crippen molar-refractivity contribution >= 4 is 42.0 Å². The predicted molar refractivity (Wildman–Crippen MR) is 91.1 cm³/mol. The molecule has 0 heterocycles. The van der Waals surface area contributed by atoms with Crippen LogP contribution in [0.4, 0.5) is 0 Å². The molecule has 100 valence electrons. The van der Waals surface area contributed by atoms with E-state index in [0.29, 0.717) is 0 Å². The monoisotopic (exact) mass is 312 g/mol. The standard InChI is InChI=1S/C12H24O2Si4/c1-17(2)13-15-16-14-18(3,4)11-10-12-8-6-5-7-9-12/h5-11,17H,15-16H2,1-4H3. The fourth-order valence-corrected chi connectivity index (χ4v) is 17.8. The Morgan fingerprint density at radius 1 is 1.11 bits per heavy atom. The molecular formula is C12H24O2Si4. The van der Waals surface area contributed by atoms with Crippen LogP contribution in [0.15, 0.2) is 36.0 Å². The highest BCUT2D eigenvalue weighted by molar-refractivity contribution is 7.00. The summed E-state index contributed by atoms with van der Waals surface area (Å²) in [4.78, 5) is 0. The molecule has 0 aliphatic heterocycles. The van der Waals surface area contributed by atoms with Gasteiger partial charge in [-0.25, -0.2) is 0 Å². The van der Waals surface area contributed by atoms with Crippen LogP contribution in [0.2, 0.25) is 26.2 Å². The molecule has 0 radical (unpaired) electrons. The Labute approximate surface area is 118 Å². The molecule has 1 aromatic rings. The molecule has 0 spiro atoms. The fourth-order valence-electron chi connectivity index (χ4n) is 1.50. The van der Waals surface area contributed by atoms with Gasteiger partial charge in [0.1, 0.15) is 0 Å². The lowest BCUT2D eigenvalue weighted by molar-refractivity contribution is 0.594. The molecule has 2 nitrogen and oxygen atoms in total. The van der Waals surface area contributed by atoms with E-state index < -0.39 is 17.4 Å². The van der Waals surface area contributed by atoms with Crippen molar-refractivity contribution in [3.05, 3.63) is 41.6 Å². The summed E-state index contributed by atoms with van der Waals surface area (Å²) in [5.41, 5.74) is 3.54. The zero-order chi connectivity index (χ0) is 13.4. The van der Waals surface area contributed by atoms with Crippen molar-refractivity contribution in [2.75, 3.05) is 0 Å². The zero-order valence-electron chi connectivity index (χ0n) is 11.8. The van der Waals surface area contributed by atoms with Crippen molar-refractivity contribution in [2.24, 2.45) is 0 Å². The van der Waals surface area contributed by atoms with Crippen molar-refractivity contribution in [3.63, 3.8) is 0 Å². The van der Waals surface area contributed by atoms with Gasteiger partial charge < -0.3 is 8.23 Å². The molecule has 0 unspecified atom stereocenters. The van der Waals surface area contributed by atoms with E-state index in [0.717, 1.165) is 0 Å². The van der Waals surface area contributed by atoms with Gasteiger partial charge in [0.15, 0.2) is 35.9 Å². The third-order valence-electron chi connectivity index (χ3n) is 2.49. The molecule has 0 N–H and O–H groups in total. The molecule has 0 bridgehead atoms. The molecule has 18 heavy (non-hydrogen) atoms. The summed E-state index contributed by atoms with van der Waals surface area (Å²) >= 11 is 0. The van der Waals surface area contributed by atoms with Crippen LogP contribution >= 0.6 is 0 Å². The second kappa shape index (κ2) is 8.03. The second-order valence-corrected chi connectivity index (χ2v) is 16.5. The predicted octanol–water partition coefficient (Wildman–Crippen LogP) is 1.54. The van der Waals surface area contributed by atoms with Crippen LogP contribution in [0.25, 0.3) is 6.08 Å². The third-order valence-corrected chi connectivity index (χ3v) is 15.5. The molecule has 0 amide bonds. The number of rotatable bonds is 7. The molecular weight excluding hydrogens is 288 g/mol. The van der Waals surface area contributed by atoms with Crippen molar-refractivity contribution in [1.82, 2.24) is 0 Å². The summed E-state index contributed by atoms with van der Waals surface area (Å²) in [6.07, 6.45) is 2.19. The van der Waals surface area contributed by atoms with E-state index in [-0.39, 0.29) is 18.6 Å². The van der Waals surface area contributed by atoms with Gasteiger partial charge in [-0.1, -0.05) is 42.1 Å². The smallest absolute Gasteiger partial charge is 0.198 e. The maximum atomic E-state index is 6.15. The van der Waals surface area contributed by atoms with Gasteiger partial charge in [0.25, 0.3) is 0 Å². The molecule has 0 aliphatic carbocycles. The van der Waals surface area contributed by atoms with Crippen LogP contribution in [0, 0.1) is 0 Å². The lowest BCUT2D eigenvalue weighted by Crippen LogP contribution is -2.33. The van der Waals surface area contributed by atoms with Crippen LogP contribution in [0.3, 0.4) is 0 Å². The molecule has 0 atom stereocenters. The summed E-state index contributed by atoms with van der Waals surface area (Å²) in [6.45, 7) is 9.00. The lowest BCUT2D eigenvalue weighted by atomic mass is 10.2. The molecule has 0 saturated heterocycles. The van der Waals surface area contributed by atoms with E-state index >= 15 is 0 Å². The van der Waals surface area contributed by atoms with Gasteiger partial charge in [0.05, 0.1) is 0 Å². The van der Waals surface area contributed by atoms with Gasteiger partial charge in [0.2, 0.25) is 0 Å². The average Bonchev–Trinajstić information content (AvgIpc) is 2.34. The second-order valence-electron chi connectivity index (χ2n) is 5.12. The van der Waals surface area contributed by atoms with E-state index in [1.807, 2.05) is 6.07 Å². The Bertz CT molecular complexity index is 366. The highest BCUT2D eigenvalue weighted by Gasteiger charge is 2.17. The van der Waals surface area contributed by atoms with Crippen LogP contribution < -0.4 is 0 Å². The number of hydrogen-bond acceptors (Lipinski definition) is 2. The zero-order valence-corrected chi connectivity index (χ0v) is 16.8. The SMILES string of the molecule is C[SiH](C)O[SiH2][SiH2]O[Si](C)(C)C=Cc1ccccc1. The Morgan fingerprint density at radius 3 is 2.39 bits per heavy atom. The summed E-state index contributed by atoms with van der Waals surface area (Å²) < 4.78 is 12.0.